The molecule has 0 saturated carbocycles. The van der Waals surface area contributed by atoms with Crippen molar-refractivity contribution in [1.82, 2.24) is 0 Å². The van der Waals surface area contributed by atoms with E-state index in [0.717, 1.165) is 23.7 Å². The van der Waals surface area contributed by atoms with Crippen LogP contribution in [-0.4, -0.2) is 31.8 Å². The number of carbonyl (C=O) groups is 2. The number of benzene rings is 2. The van der Waals surface area contributed by atoms with Crippen LogP contribution >= 0.6 is 15.9 Å². The second-order valence-corrected chi connectivity index (χ2v) is 7.45. The summed E-state index contributed by atoms with van der Waals surface area (Å²) in [6.07, 6.45) is 5.35. The molecule has 0 amide bonds. The van der Waals surface area contributed by atoms with Crippen LogP contribution in [0.2, 0.25) is 0 Å². The molecule has 2 aromatic rings. The molecule has 0 atom stereocenters. The first-order valence-electron chi connectivity index (χ1n) is 9.93. The average molecular weight is 463 g/mol. The summed E-state index contributed by atoms with van der Waals surface area (Å²) in [6, 6.07) is 13.9. The molecule has 2 rings (SSSR count). The molecule has 0 aliphatic carbocycles. The fourth-order valence-corrected chi connectivity index (χ4v) is 2.95. The van der Waals surface area contributed by atoms with Crippen LogP contribution < -0.4 is 4.74 Å². The fourth-order valence-electron chi connectivity index (χ4n) is 2.69. The van der Waals surface area contributed by atoms with Gasteiger partial charge in [-0.15, -0.1) is 0 Å². The summed E-state index contributed by atoms with van der Waals surface area (Å²) in [7, 11) is 0. The Morgan fingerprint density at radius 3 is 1.97 bits per heavy atom. The molecule has 156 valence electrons. The van der Waals surface area contributed by atoms with Gasteiger partial charge in [0.2, 0.25) is 0 Å². The molecule has 0 aliphatic rings. The van der Waals surface area contributed by atoms with Crippen molar-refractivity contribution < 1.29 is 23.8 Å². The van der Waals surface area contributed by atoms with Gasteiger partial charge in [-0.05, 0) is 42.8 Å². The highest BCUT2D eigenvalue weighted by molar-refractivity contribution is 9.10. The van der Waals surface area contributed by atoms with E-state index in [9.17, 15) is 9.59 Å². The van der Waals surface area contributed by atoms with Crippen LogP contribution in [0.4, 0.5) is 0 Å². The van der Waals surface area contributed by atoms with E-state index in [1.165, 1.54) is 12.8 Å². The number of unbranched alkanes of at least 4 members (excludes halogenated alkanes) is 4. The lowest BCUT2D eigenvalue weighted by molar-refractivity contribution is 0.0422. The van der Waals surface area contributed by atoms with Crippen LogP contribution in [0, 0.1) is 0 Å². The van der Waals surface area contributed by atoms with Gasteiger partial charge in [0.05, 0.1) is 17.7 Å². The van der Waals surface area contributed by atoms with Crippen molar-refractivity contribution in [1.29, 1.82) is 0 Å². The summed E-state index contributed by atoms with van der Waals surface area (Å²) in [5, 5.41) is 0. The molecule has 0 heterocycles. The largest absolute Gasteiger partial charge is 0.490 e. The lowest BCUT2D eigenvalue weighted by atomic mass is 10.1. The zero-order valence-electron chi connectivity index (χ0n) is 16.7. The van der Waals surface area contributed by atoms with E-state index in [4.69, 9.17) is 14.2 Å². The SMILES string of the molecule is CCCCCCCOC(=O)c1ccccc1C(=O)OCCOc1ccc(Br)cc1. The topological polar surface area (TPSA) is 61.8 Å². The number of rotatable bonds is 12. The molecule has 5 nitrogen and oxygen atoms in total. The molecule has 29 heavy (non-hydrogen) atoms. The minimum atomic E-state index is -0.570. The maximum absolute atomic E-state index is 12.4. The summed E-state index contributed by atoms with van der Waals surface area (Å²) < 4.78 is 17.1. The van der Waals surface area contributed by atoms with E-state index in [2.05, 4.69) is 22.9 Å². The molecule has 0 aliphatic heterocycles. The molecule has 0 aromatic heterocycles. The molecule has 0 N–H and O–H groups in total. The summed E-state index contributed by atoms with van der Waals surface area (Å²) >= 11 is 3.36. The van der Waals surface area contributed by atoms with Crippen molar-refractivity contribution in [2.75, 3.05) is 19.8 Å². The zero-order chi connectivity index (χ0) is 20.9. The molecule has 0 saturated heterocycles. The van der Waals surface area contributed by atoms with Gasteiger partial charge >= 0.3 is 11.9 Å². The Bertz CT molecular complexity index is 773. The number of esters is 2. The van der Waals surface area contributed by atoms with Gasteiger partial charge in [-0.3, -0.25) is 0 Å². The maximum atomic E-state index is 12.4. The van der Waals surface area contributed by atoms with Gasteiger partial charge < -0.3 is 14.2 Å². The van der Waals surface area contributed by atoms with Gasteiger partial charge in [0.15, 0.2) is 0 Å². The van der Waals surface area contributed by atoms with Crippen molar-refractivity contribution in [2.24, 2.45) is 0 Å². The summed E-state index contributed by atoms with van der Waals surface area (Å²) in [5.41, 5.74) is 0.423. The standard InChI is InChI=1S/C23H27BrO5/c1-2-3-4-5-8-15-28-22(25)20-9-6-7-10-21(20)23(26)29-17-16-27-19-13-11-18(24)12-14-19/h6-7,9-14H,2-5,8,15-17H2,1H3. The fraction of sp³-hybridized carbons (Fsp3) is 0.391. The monoisotopic (exact) mass is 462 g/mol. The van der Waals surface area contributed by atoms with Crippen molar-refractivity contribution in [2.45, 2.75) is 39.0 Å². The van der Waals surface area contributed by atoms with E-state index in [1.807, 2.05) is 24.3 Å². The third-order valence-electron chi connectivity index (χ3n) is 4.25. The van der Waals surface area contributed by atoms with Crippen LogP contribution in [0.3, 0.4) is 0 Å². The second-order valence-electron chi connectivity index (χ2n) is 6.53. The van der Waals surface area contributed by atoms with Crippen LogP contribution in [0.25, 0.3) is 0 Å². The van der Waals surface area contributed by atoms with E-state index in [-0.39, 0.29) is 24.3 Å². The van der Waals surface area contributed by atoms with Gasteiger partial charge in [0, 0.05) is 4.47 Å². The molecule has 2 aromatic carbocycles. The number of hydrogen-bond donors (Lipinski definition) is 0. The lowest BCUT2D eigenvalue weighted by Gasteiger charge is -2.10. The van der Waals surface area contributed by atoms with E-state index < -0.39 is 11.9 Å². The number of carbonyl (C=O) groups excluding carboxylic acids is 2. The quantitative estimate of drug-likeness (QED) is 0.294. The van der Waals surface area contributed by atoms with Gasteiger partial charge in [-0.25, -0.2) is 9.59 Å². The first-order valence-corrected chi connectivity index (χ1v) is 10.7. The molecule has 0 unspecified atom stereocenters. The Morgan fingerprint density at radius 1 is 0.759 bits per heavy atom. The zero-order valence-corrected chi connectivity index (χ0v) is 18.3. The van der Waals surface area contributed by atoms with Crippen LogP contribution in [0.15, 0.2) is 53.0 Å². The van der Waals surface area contributed by atoms with Crippen molar-refractivity contribution in [3.8, 4) is 5.75 Å². The number of ether oxygens (including phenoxy) is 3. The Labute approximate surface area is 180 Å². The van der Waals surface area contributed by atoms with Crippen molar-refractivity contribution in [3.05, 3.63) is 64.1 Å². The van der Waals surface area contributed by atoms with E-state index in [1.54, 1.807) is 24.3 Å². The maximum Gasteiger partial charge on any atom is 0.339 e. The second kappa shape index (κ2) is 13.0. The first kappa shape index (κ1) is 22.9. The predicted octanol–water partition coefficient (Wildman–Crippen LogP) is 5.81. The molecular formula is C23H27BrO5. The van der Waals surface area contributed by atoms with Gasteiger partial charge in [0.1, 0.15) is 19.0 Å². The van der Waals surface area contributed by atoms with Crippen LogP contribution in [0.5, 0.6) is 5.75 Å². The molecule has 0 bridgehead atoms. The molecule has 0 fully saturated rings. The highest BCUT2D eigenvalue weighted by Gasteiger charge is 2.18. The predicted molar refractivity (Wildman–Crippen MR) is 115 cm³/mol. The van der Waals surface area contributed by atoms with Gasteiger partial charge in [-0.1, -0.05) is 60.7 Å². The Kier molecular flexibility index (Phi) is 10.3. The normalized spacial score (nSPS) is 10.4. The number of hydrogen-bond acceptors (Lipinski definition) is 5. The Morgan fingerprint density at radius 2 is 1.34 bits per heavy atom. The lowest BCUT2D eigenvalue weighted by Crippen LogP contribution is -2.17. The van der Waals surface area contributed by atoms with E-state index in [0.29, 0.717) is 12.4 Å². The third-order valence-corrected chi connectivity index (χ3v) is 4.78. The molecule has 0 radical (unpaired) electrons. The molecule has 6 heteroatoms. The van der Waals surface area contributed by atoms with Crippen LogP contribution in [0.1, 0.15) is 59.7 Å². The molecular weight excluding hydrogens is 436 g/mol. The highest BCUT2D eigenvalue weighted by Crippen LogP contribution is 2.16. The van der Waals surface area contributed by atoms with Crippen LogP contribution in [-0.2, 0) is 9.47 Å². The summed E-state index contributed by atoms with van der Waals surface area (Å²) in [5.74, 6) is -0.383. The Balaban J connectivity index is 1.79. The summed E-state index contributed by atoms with van der Waals surface area (Å²) in [6.45, 7) is 2.81. The summed E-state index contributed by atoms with van der Waals surface area (Å²) in [4.78, 5) is 24.7. The van der Waals surface area contributed by atoms with E-state index >= 15 is 0 Å². The number of halogens is 1. The molecule has 0 spiro atoms. The minimum absolute atomic E-state index is 0.0791. The average Bonchev–Trinajstić information content (AvgIpc) is 2.74. The van der Waals surface area contributed by atoms with Crippen molar-refractivity contribution in [3.63, 3.8) is 0 Å². The first-order chi connectivity index (χ1) is 14.1. The van der Waals surface area contributed by atoms with Gasteiger partial charge in [-0.2, -0.15) is 0 Å². The van der Waals surface area contributed by atoms with Crippen molar-refractivity contribution >= 4 is 27.9 Å². The third kappa shape index (κ3) is 8.28. The van der Waals surface area contributed by atoms with Gasteiger partial charge in [0.25, 0.3) is 0 Å². The smallest absolute Gasteiger partial charge is 0.339 e. The highest BCUT2D eigenvalue weighted by atomic mass is 79.9. The minimum Gasteiger partial charge on any atom is -0.490 e. The Hall–Kier alpha value is -2.34.